The van der Waals surface area contributed by atoms with Crippen LogP contribution in [-0.4, -0.2) is 11.7 Å². The summed E-state index contributed by atoms with van der Waals surface area (Å²) in [5, 5.41) is 9.22. The molecule has 2 nitrogen and oxygen atoms in total. The summed E-state index contributed by atoms with van der Waals surface area (Å²) < 4.78 is 38.0. The van der Waals surface area contributed by atoms with Crippen LogP contribution in [0.1, 0.15) is 11.1 Å². The van der Waals surface area contributed by atoms with E-state index in [0.717, 1.165) is 0 Å². The van der Waals surface area contributed by atoms with Crippen LogP contribution in [0.15, 0.2) is 22.7 Å². The second-order valence-corrected chi connectivity index (χ2v) is 3.88. The quantitative estimate of drug-likeness (QED) is 0.880. The van der Waals surface area contributed by atoms with Crippen molar-refractivity contribution in [3.63, 3.8) is 0 Å². The number of halogens is 4. The maximum absolute atomic E-state index is 12.6. The van der Waals surface area contributed by atoms with E-state index in [1.165, 1.54) is 18.2 Å². The van der Waals surface area contributed by atoms with Gasteiger partial charge < -0.3 is 10.8 Å². The molecule has 0 amide bonds. The van der Waals surface area contributed by atoms with Gasteiger partial charge in [0.25, 0.3) is 0 Å². The van der Waals surface area contributed by atoms with E-state index in [-0.39, 0.29) is 16.6 Å². The molecule has 0 aliphatic heterocycles. The van der Waals surface area contributed by atoms with E-state index < -0.39 is 17.5 Å². The molecule has 88 valence electrons. The summed E-state index contributed by atoms with van der Waals surface area (Å²) >= 11 is 2.96. The van der Waals surface area contributed by atoms with E-state index in [9.17, 15) is 18.3 Å². The van der Waals surface area contributed by atoms with Gasteiger partial charge in [-0.25, -0.2) is 0 Å². The van der Waals surface area contributed by atoms with Crippen LogP contribution >= 0.6 is 15.9 Å². The minimum absolute atomic E-state index is 0.0392. The van der Waals surface area contributed by atoms with Gasteiger partial charge in [0, 0.05) is 6.54 Å². The van der Waals surface area contributed by atoms with E-state index >= 15 is 0 Å². The molecule has 0 saturated heterocycles. The third-order valence-corrected chi connectivity index (χ3v) is 2.49. The Morgan fingerprint density at radius 1 is 1.38 bits per heavy atom. The summed E-state index contributed by atoms with van der Waals surface area (Å²) in [7, 11) is 0. The molecule has 0 fully saturated rings. The lowest BCUT2D eigenvalue weighted by Crippen LogP contribution is -2.07. The fourth-order valence-corrected chi connectivity index (χ4v) is 1.52. The second kappa shape index (κ2) is 4.88. The summed E-state index contributed by atoms with van der Waals surface area (Å²) in [6, 6.07) is 1.88. The lowest BCUT2D eigenvalue weighted by atomic mass is 10.1. The molecular weight excluding hydrogens is 287 g/mol. The van der Waals surface area contributed by atoms with Gasteiger partial charge in [-0.2, -0.15) is 13.2 Å². The normalized spacial score (nSPS) is 12.3. The van der Waals surface area contributed by atoms with Gasteiger partial charge >= 0.3 is 6.18 Å². The van der Waals surface area contributed by atoms with Crippen LogP contribution in [0.2, 0.25) is 0 Å². The van der Waals surface area contributed by atoms with Crippen LogP contribution in [0, 0.1) is 0 Å². The van der Waals surface area contributed by atoms with E-state index in [4.69, 9.17) is 5.73 Å². The van der Waals surface area contributed by atoms with Crippen LogP contribution in [0.4, 0.5) is 13.2 Å². The number of hydrogen-bond donors (Lipinski definition) is 2. The molecule has 0 radical (unpaired) electrons. The van der Waals surface area contributed by atoms with Gasteiger partial charge in [-0.1, -0.05) is 12.2 Å². The standard InChI is InChI=1S/C10H9BrF3NO/c11-8-4-6(2-1-3-15)7(5-9(8)16)10(12,13)14/h1-2,4-5,16H,3,15H2/b2-1+. The van der Waals surface area contributed by atoms with Crippen molar-refractivity contribution < 1.29 is 18.3 Å². The molecule has 0 bridgehead atoms. The van der Waals surface area contributed by atoms with E-state index in [2.05, 4.69) is 15.9 Å². The molecule has 0 atom stereocenters. The Hall–Kier alpha value is -1.01. The number of phenols is 1. The Kier molecular flexibility index (Phi) is 3.98. The molecule has 1 aromatic rings. The smallest absolute Gasteiger partial charge is 0.417 e. The van der Waals surface area contributed by atoms with Crippen molar-refractivity contribution >= 4 is 22.0 Å². The predicted octanol–water partition coefficient (Wildman–Crippen LogP) is 3.15. The molecule has 0 unspecified atom stereocenters. The zero-order chi connectivity index (χ0) is 12.3. The minimum atomic E-state index is -4.51. The van der Waals surface area contributed by atoms with Crippen molar-refractivity contribution in [2.24, 2.45) is 5.73 Å². The summed E-state index contributed by atoms with van der Waals surface area (Å²) in [6.07, 6.45) is -1.83. The number of alkyl halides is 3. The van der Waals surface area contributed by atoms with Crippen LogP contribution in [0.3, 0.4) is 0 Å². The third kappa shape index (κ3) is 2.99. The van der Waals surface area contributed by atoms with E-state index in [1.54, 1.807) is 0 Å². The molecule has 6 heteroatoms. The Bertz CT molecular complexity index is 415. The van der Waals surface area contributed by atoms with Crippen molar-refractivity contribution in [2.75, 3.05) is 6.54 Å². The largest absolute Gasteiger partial charge is 0.507 e. The first-order valence-corrected chi connectivity index (χ1v) is 5.12. The van der Waals surface area contributed by atoms with Gasteiger partial charge in [0.05, 0.1) is 10.0 Å². The molecule has 0 saturated carbocycles. The zero-order valence-corrected chi connectivity index (χ0v) is 9.64. The molecule has 0 heterocycles. The maximum Gasteiger partial charge on any atom is 0.417 e. The topological polar surface area (TPSA) is 46.2 Å². The molecule has 0 aromatic heterocycles. The number of phenolic OH excluding ortho intramolecular Hbond substituents is 1. The number of hydrogen-bond acceptors (Lipinski definition) is 2. The highest BCUT2D eigenvalue weighted by Crippen LogP contribution is 2.37. The Labute approximate surface area is 98.7 Å². The first-order valence-electron chi connectivity index (χ1n) is 4.32. The SMILES string of the molecule is NC/C=C/c1cc(Br)c(O)cc1C(F)(F)F. The lowest BCUT2D eigenvalue weighted by molar-refractivity contribution is -0.137. The molecule has 3 N–H and O–H groups in total. The molecule has 0 aliphatic carbocycles. The second-order valence-electron chi connectivity index (χ2n) is 3.03. The number of rotatable bonds is 2. The maximum atomic E-state index is 12.6. The summed E-state index contributed by atoms with van der Waals surface area (Å²) in [5.74, 6) is -0.447. The Morgan fingerprint density at radius 2 is 2.00 bits per heavy atom. The Balaban J connectivity index is 3.33. The van der Waals surface area contributed by atoms with Gasteiger partial charge in [-0.3, -0.25) is 0 Å². The average molecular weight is 296 g/mol. The number of nitrogens with two attached hydrogens (primary N) is 1. The summed E-state index contributed by atoms with van der Waals surface area (Å²) in [5.41, 5.74) is 4.24. The molecule has 16 heavy (non-hydrogen) atoms. The van der Waals surface area contributed by atoms with Crippen molar-refractivity contribution in [1.82, 2.24) is 0 Å². The fraction of sp³-hybridized carbons (Fsp3) is 0.200. The zero-order valence-electron chi connectivity index (χ0n) is 8.05. The highest BCUT2D eigenvalue weighted by atomic mass is 79.9. The lowest BCUT2D eigenvalue weighted by Gasteiger charge is -2.11. The fourth-order valence-electron chi connectivity index (χ4n) is 1.16. The predicted molar refractivity (Wildman–Crippen MR) is 58.9 cm³/mol. The monoisotopic (exact) mass is 295 g/mol. The van der Waals surface area contributed by atoms with Crippen LogP contribution < -0.4 is 5.73 Å². The van der Waals surface area contributed by atoms with Crippen LogP contribution in [0.25, 0.3) is 6.08 Å². The summed E-state index contributed by atoms with van der Waals surface area (Å²) in [4.78, 5) is 0. The summed E-state index contributed by atoms with van der Waals surface area (Å²) in [6.45, 7) is 0.149. The average Bonchev–Trinajstić information content (AvgIpc) is 2.17. The van der Waals surface area contributed by atoms with Crippen molar-refractivity contribution in [1.29, 1.82) is 0 Å². The number of aromatic hydroxyl groups is 1. The third-order valence-electron chi connectivity index (χ3n) is 1.86. The molecule has 0 spiro atoms. The van der Waals surface area contributed by atoms with Crippen LogP contribution in [0.5, 0.6) is 5.75 Å². The molecule has 1 aromatic carbocycles. The molecule has 0 aliphatic rings. The molecule has 1 rings (SSSR count). The van der Waals surface area contributed by atoms with Crippen molar-refractivity contribution in [2.45, 2.75) is 6.18 Å². The van der Waals surface area contributed by atoms with Crippen molar-refractivity contribution in [3.8, 4) is 5.75 Å². The van der Waals surface area contributed by atoms with E-state index in [1.807, 2.05) is 0 Å². The minimum Gasteiger partial charge on any atom is -0.507 e. The highest BCUT2D eigenvalue weighted by molar-refractivity contribution is 9.10. The van der Waals surface area contributed by atoms with Gasteiger partial charge in [0.1, 0.15) is 5.75 Å². The van der Waals surface area contributed by atoms with Gasteiger partial charge in [-0.15, -0.1) is 0 Å². The van der Waals surface area contributed by atoms with Gasteiger partial charge in [-0.05, 0) is 33.6 Å². The van der Waals surface area contributed by atoms with Crippen LogP contribution in [-0.2, 0) is 6.18 Å². The Morgan fingerprint density at radius 3 is 2.50 bits per heavy atom. The first-order chi connectivity index (χ1) is 7.36. The van der Waals surface area contributed by atoms with E-state index in [0.29, 0.717) is 6.07 Å². The molecular formula is C10H9BrF3NO. The van der Waals surface area contributed by atoms with Crippen molar-refractivity contribution in [3.05, 3.63) is 33.8 Å². The highest BCUT2D eigenvalue weighted by Gasteiger charge is 2.33. The van der Waals surface area contributed by atoms with Gasteiger partial charge in [0.2, 0.25) is 0 Å². The van der Waals surface area contributed by atoms with Gasteiger partial charge in [0.15, 0.2) is 0 Å². The first kappa shape index (κ1) is 13.1. The number of benzene rings is 1.